The number of nitrogens with one attached hydrogen (secondary N) is 2. The zero-order valence-corrected chi connectivity index (χ0v) is 21.8. The van der Waals surface area contributed by atoms with Crippen LogP contribution in [0.15, 0.2) is 47.5 Å². The first-order chi connectivity index (χ1) is 15.1. The van der Waals surface area contributed by atoms with E-state index >= 15 is 0 Å². The lowest BCUT2D eigenvalue weighted by atomic mass is 10.0. The Labute approximate surface area is 209 Å². The van der Waals surface area contributed by atoms with Crippen LogP contribution in [0.2, 0.25) is 0 Å². The van der Waals surface area contributed by atoms with Crippen LogP contribution >= 0.6 is 24.0 Å². The molecule has 0 spiro atoms. The number of halogens is 1. The van der Waals surface area contributed by atoms with Gasteiger partial charge in [0.1, 0.15) is 11.5 Å². The number of aliphatic imine (C=N–C) groups is 1. The Morgan fingerprint density at radius 1 is 1.19 bits per heavy atom. The van der Waals surface area contributed by atoms with Gasteiger partial charge in [-0.3, -0.25) is 4.99 Å². The summed E-state index contributed by atoms with van der Waals surface area (Å²) >= 11 is 0. The number of guanidine groups is 1. The first kappa shape index (κ1) is 26.3. The molecule has 2 aromatic carbocycles. The van der Waals surface area contributed by atoms with E-state index in [1.165, 1.54) is 11.1 Å². The van der Waals surface area contributed by atoms with Crippen molar-refractivity contribution < 1.29 is 14.2 Å². The quantitative estimate of drug-likeness (QED) is 0.272. The smallest absolute Gasteiger partial charge is 0.191 e. The summed E-state index contributed by atoms with van der Waals surface area (Å²) in [5.74, 6) is 3.36. The van der Waals surface area contributed by atoms with Crippen molar-refractivity contribution in [2.75, 3.05) is 40.5 Å². The summed E-state index contributed by atoms with van der Waals surface area (Å²) in [5, 5.41) is 6.83. The molecule has 2 unspecified atom stereocenters. The van der Waals surface area contributed by atoms with Gasteiger partial charge in [0.15, 0.2) is 5.96 Å². The molecule has 0 aliphatic carbocycles. The average molecular weight is 553 g/mol. The first-order valence-corrected chi connectivity index (χ1v) is 11.0. The Hall–Kier alpha value is -2.00. The standard InChI is InChI=1S/C25H35N3O3.HI/c1-18-9-10-21(24(13-18)31-17-20-11-12-30-16-20)15-28-25(26-3)27-14-19(2)22-7-5-6-8-23(22)29-4;/h5-10,13,19-20H,11-12,14-17H2,1-4H3,(H2,26,27,28);1H. The summed E-state index contributed by atoms with van der Waals surface area (Å²) in [6, 6.07) is 14.5. The fourth-order valence-corrected chi connectivity index (χ4v) is 3.70. The summed E-state index contributed by atoms with van der Waals surface area (Å²) in [4.78, 5) is 4.37. The SMILES string of the molecule is CN=C(NCc1ccc(C)cc1OCC1CCOC1)NCC(C)c1ccccc1OC.I. The van der Waals surface area contributed by atoms with Gasteiger partial charge in [-0.1, -0.05) is 37.3 Å². The Morgan fingerprint density at radius 2 is 2.00 bits per heavy atom. The highest BCUT2D eigenvalue weighted by Gasteiger charge is 2.17. The minimum atomic E-state index is 0. The van der Waals surface area contributed by atoms with E-state index in [0.717, 1.165) is 49.2 Å². The van der Waals surface area contributed by atoms with E-state index in [1.54, 1.807) is 14.2 Å². The molecule has 0 radical (unpaired) electrons. The van der Waals surface area contributed by atoms with Crippen molar-refractivity contribution in [2.45, 2.75) is 32.7 Å². The number of nitrogens with zero attached hydrogens (tertiary/aromatic N) is 1. The summed E-state index contributed by atoms with van der Waals surface area (Å²) < 4.78 is 17.1. The third-order valence-electron chi connectivity index (χ3n) is 5.64. The van der Waals surface area contributed by atoms with Crippen molar-refractivity contribution >= 4 is 29.9 Å². The third-order valence-corrected chi connectivity index (χ3v) is 5.64. The van der Waals surface area contributed by atoms with E-state index in [2.05, 4.69) is 53.7 Å². The fourth-order valence-electron chi connectivity index (χ4n) is 3.70. The molecule has 6 nitrogen and oxygen atoms in total. The normalized spacial score (nSPS) is 16.8. The van der Waals surface area contributed by atoms with E-state index < -0.39 is 0 Å². The number of hydrogen-bond donors (Lipinski definition) is 2. The van der Waals surface area contributed by atoms with Crippen LogP contribution in [0.25, 0.3) is 0 Å². The molecule has 2 atom stereocenters. The molecule has 1 heterocycles. The molecule has 3 rings (SSSR count). The van der Waals surface area contributed by atoms with Crippen LogP contribution in [0.4, 0.5) is 0 Å². The average Bonchev–Trinajstić information content (AvgIpc) is 3.32. The third kappa shape index (κ3) is 7.55. The molecule has 0 bridgehead atoms. The second-order valence-corrected chi connectivity index (χ2v) is 8.10. The predicted molar refractivity (Wildman–Crippen MR) is 141 cm³/mol. The van der Waals surface area contributed by atoms with Gasteiger partial charge in [0.2, 0.25) is 0 Å². The predicted octanol–water partition coefficient (Wildman–Crippen LogP) is 4.51. The summed E-state index contributed by atoms with van der Waals surface area (Å²) in [6.45, 7) is 7.98. The number of aryl methyl sites for hydroxylation is 1. The lowest BCUT2D eigenvalue weighted by Crippen LogP contribution is -2.38. The van der Waals surface area contributed by atoms with Crippen molar-refractivity contribution in [3.05, 3.63) is 59.2 Å². The van der Waals surface area contributed by atoms with Gasteiger partial charge in [-0.25, -0.2) is 0 Å². The van der Waals surface area contributed by atoms with Gasteiger partial charge in [0.05, 0.1) is 20.3 Å². The van der Waals surface area contributed by atoms with Crippen molar-refractivity contribution in [3.63, 3.8) is 0 Å². The maximum Gasteiger partial charge on any atom is 0.191 e. The number of rotatable bonds is 9. The van der Waals surface area contributed by atoms with Gasteiger partial charge in [0.25, 0.3) is 0 Å². The van der Waals surface area contributed by atoms with Crippen molar-refractivity contribution in [1.82, 2.24) is 10.6 Å². The van der Waals surface area contributed by atoms with Gasteiger partial charge in [0, 0.05) is 44.1 Å². The van der Waals surface area contributed by atoms with Crippen LogP contribution in [-0.2, 0) is 11.3 Å². The number of para-hydroxylation sites is 1. The number of hydrogen-bond acceptors (Lipinski definition) is 4. The monoisotopic (exact) mass is 553 g/mol. The van der Waals surface area contributed by atoms with Gasteiger partial charge in [-0.2, -0.15) is 0 Å². The maximum atomic E-state index is 6.16. The molecule has 1 aliphatic rings. The van der Waals surface area contributed by atoms with E-state index in [0.29, 0.717) is 19.1 Å². The summed E-state index contributed by atoms with van der Waals surface area (Å²) in [7, 11) is 3.50. The van der Waals surface area contributed by atoms with E-state index in [1.807, 2.05) is 18.2 Å². The van der Waals surface area contributed by atoms with Crippen LogP contribution < -0.4 is 20.1 Å². The number of ether oxygens (including phenoxy) is 3. The van der Waals surface area contributed by atoms with E-state index in [4.69, 9.17) is 14.2 Å². The minimum absolute atomic E-state index is 0. The van der Waals surface area contributed by atoms with E-state index in [9.17, 15) is 0 Å². The molecule has 2 N–H and O–H groups in total. The van der Waals surface area contributed by atoms with Crippen molar-refractivity contribution in [3.8, 4) is 11.5 Å². The molecule has 1 fully saturated rings. The molecule has 7 heteroatoms. The second-order valence-electron chi connectivity index (χ2n) is 8.10. The Balaban J connectivity index is 0.00000363. The molecule has 1 saturated heterocycles. The Morgan fingerprint density at radius 3 is 2.72 bits per heavy atom. The zero-order chi connectivity index (χ0) is 22.1. The van der Waals surface area contributed by atoms with Crippen LogP contribution in [0, 0.1) is 12.8 Å². The first-order valence-electron chi connectivity index (χ1n) is 11.0. The molecular formula is C25H36IN3O3. The molecule has 1 aliphatic heterocycles. The van der Waals surface area contributed by atoms with Gasteiger partial charge < -0.3 is 24.8 Å². The molecule has 2 aromatic rings. The zero-order valence-electron chi connectivity index (χ0n) is 19.5. The summed E-state index contributed by atoms with van der Waals surface area (Å²) in [6.07, 6.45) is 1.07. The molecule has 0 aromatic heterocycles. The van der Waals surface area contributed by atoms with Crippen LogP contribution in [0.3, 0.4) is 0 Å². The van der Waals surface area contributed by atoms with Gasteiger partial charge >= 0.3 is 0 Å². The maximum absolute atomic E-state index is 6.16. The molecular weight excluding hydrogens is 517 g/mol. The van der Waals surface area contributed by atoms with Gasteiger partial charge in [-0.15, -0.1) is 24.0 Å². The lowest BCUT2D eigenvalue weighted by Gasteiger charge is -2.19. The largest absolute Gasteiger partial charge is 0.496 e. The van der Waals surface area contributed by atoms with E-state index in [-0.39, 0.29) is 29.9 Å². The number of benzene rings is 2. The second kappa shape index (κ2) is 13.5. The molecule has 0 amide bonds. The highest BCUT2D eigenvalue weighted by Crippen LogP contribution is 2.25. The minimum Gasteiger partial charge on any atom is -0.496 e. The van der Waals surface area contributed by atoms with Gasteiger partial charge in [-0.05, 0) is 36.6 Å². The molecule has 32 heavy (non-hydrogen) atoms. The van der Waals surface area contributed by atoms with Crippen LogP contribution in [-0.4, -0.2) is 46.5 Å². The fraction of sp³-hybridized carbons (Fsp3) is 0.480. The van der Waals surface area contributed by atoms with Crippen LogP contribution in [0.5, 0.6) is 11.5 Å². The Kier molecular flexibility index (Phi) is 11.1. The van der Waals surface area contributed by atoms with Crippen molar-refractivity contribution in [2.24, 2.45) is 10.9 Å². The highest BCUT2D eigenvalue weighted by atomic mass is 127. The molecule has 0 saturated carbocycles. The van der Waals surface area contributed by atoms with Crippen molar-refractivity contribution in [1.29, 1.82) is 0 Å². The summed E-state index contributed by atoms with van der Waals surface area (Å²) in [5.41, 5.74) is 3.48. The molecule has 176 valence electrons. The highest BCUT2D eigenvalue weighted by molar-refractivity contribution is 14.0. The lowest BCUT2D eigenvalue weighted by molar-refractivity contribution is 0.166. The topological polar surface area (TPSA) is 64.1 Å². The Bertz CT molecular complexity index is 869. The van der Waals surface area contributed by atoms with Crippen LogP contribution in [0.1, 0.15) is 36.0 Å². The number of methoxy groups -OCH3 is 1.